The van der Waals surface area contributed by atoms with Crippen molar-refractivity contribution in [1.29, 1.82) is 0 Å². The van der Waals surface area contributed by atoms with E-state index in [1.165, 1.54) is 6.92 Å². The van der Waals surface area contributed by atoms with Crippen LogP contribution in [0.3, 0.4) is 0 Å². The number of aliphatic hydroxyl groups excluding tert-OH is 1. The van der Waals surface area contributed by atoms with E-state index in [1.54, 1.807) is 41.5 Å². The molecule has 0 spiro atoms. The number of hydrogen-bond acceptors (Lipinski definition) is 10. The summed E-state index contributed by atoms with van der Waals surface area (Å²) >= 11 is 0. The molecule has 4 amide bonds. The van der Waals surface area contributed by atoms with Crippen molar-refractivity contribution in [2.24, 2.45) is 5.73 Å². The van der Waals surface area contributed by atoms with Gasteiger partial charge in [0.2, 0.25) is 11.8 Å². The van der Waals surface area contributed by atoms with Gasteiger partial charge in [0, 0.05) is 13.1 Å². The molecule has 0 bridgehead atoms. The monoisotopic (exact) mass is 533 g/mol. The smallest absolute Gasteiger partial charge is 0.407 e. The number of methoxy groups -OCH3 is 1. The van der Waals surface area contributed by atoms with Gasteiger partial charge in [0.25, 0.3) is 0 Å². The van der Waals surface area contributed by atoms with Crippen molar-refractivity contribution in [3.8, 4) is 0 Å². The Labute approximate surface area is 217 Å². The van der Waals surface area contributed by atoms with Crippen molar-refractivity contribution in [3.05, 3.63) is 0 Å². The predicted octanol–water partition coefficient (Wildman–Crippen LogP) is -0.333. The average molecular weight is 534 g/mol. The molecule has 0 aliphatic heterocycles. The molecule has 0 rings (SSSR count). The number of carbonyl (C=O) groups is 5. The fraction of sp³-hybridized carbons (Fsp3) is 0.783. The Bertz CT molecular complexity index is 790. The van der Waals surface area contributed by atoms with Crippen molar-refractivity contribution >= 4 is 30.0 Å². The van der Waals surface area contributed by atoms with Crippen molar-refractivity contribution in [1.82, 2.24) is 21.3 Å². The summed E-state index contributed by atoms with van der Waals surface area (Å²) in [5.74, 6) is -2.41. The number of amides is 4. The third-order valence-electron chi connectivity index (χ3n) is 4.43. The number of aliphatic hydroxyl groups is 1. The van der Waals surface area contributed by atoms with E-state index in [0.717, 1.165) is 7.11 Å². The van der Waals surface area contributed by atoms with E-state index in [0.29, 0.717) is 0 Å². The molecule has 7 N–H and O–H groups in total. The van der Waals surface area contributed by atoms with E-state index < -0.39 is 65.4 Å². The molecule has 0 saturated heterocycles. The maximum atomic E-state index is 12.8. The molecule has 0 aromatic heterocycles. The van der Waals surface area contributed by atoms with Crippen LogP contribution >= 0.6 is 0 Å². The molecule has 0 radical (unpaired) electrons. The van der Waals surface area contributed by atoms with E-state index >= 15 is 0 Å². The summed E-state index contributed by atoms with van der Waals surface area (Å²) in [6.45, 7) is 11.5. The Morgan fingerprint density at radius 1 is 0.811 bits per heavy atom. The Balaban J connectivity index is 4.96. The van der Waals surface area contributed by atoms with Gasteiger partial charge in [-0.25, -0.2) is 14.4 Å². The lowest BCUT2D eigenvalue weighted by molar-refractivity contribution is -0.146. The summed E-state index contributed by atoms with van der Waals surface area (Å²) in [6, 6.07) is -3.74. The van der Waals surface area contributed by atoms with Crippen LogP contribution in [-0.4, -0.2) is 90.7 Å². The van der Waals surface area contributed by atoms with E-state index in [-0.39, 0.29) is 25.9 Å². The van der Waals surface area contributed by atoms with E-state index in [9.17, 15) is 29.1 Å². The second kappa shape index (κ2) is 15.2. The second-order valence-corrected chi connectivity index (χ2v) is 10.4. The molecular weight excluding hydrogens is 490 g/mol. The summed E-state index contributed by atoms with van der Waals surface area (Å²) in [6.07, 6.45) is -2.73. The van der Waals surface area contributed by atoms with Crippen LogP contribution in [0, 0.1) is 0 Å². The first kappa shape index (κ1) is 33.9. The van der Waals surface area contributed by atoms with Crippen LogP contribution in [-0.2, 0) is 28.6 Å². The van der Waals surface area contributed by atoms with Gasteiger partial charge in [0.1, 0.15) is 23.3 Å². The topological polar surface area (TPSA) is 207 Å². The highest BCUT2D eigenvalue weighted by molar-refractivity contribution is 5.92. The third-order valence-corrected chi connectivity index (χ3v) is 4.43. The first-order valence-corrected chi connectivity index (χ1v) is 11.9. The Morgan fingerprint density at radius 3 is 1.68 bits per heavy atom. The number of nitrogens with one attached hydrogen (secondary N) is 4. The van der Waals surface area contributed by atoms with Gasteiger partial charge in [-0.15, -0.1) is 0 Å². The van der Waals surface area contributed by atoms with Gasteiger partial charge >= 0.3 is 18.2 Å². The van der Waals surface area contributed by atoms with Gasteiger partial charge in [0.05, 0.1) is 19.3 Å². The maximum absolute atomic E-state index is 12.8. The molecule has 4 atom stereocenters. The van der Waals surface area contributed by atoms with Gasteiger partial charge in [-0.2, -0.15) is 0 Å². The highest BCUT2D eigenvalue weighted by atomic mass is 16.6. The van der Waals surface area contributed by atoms with Gasteiger partial charge < -0.3 is 46.3 Å². The number of carbonyl (C=O) groups excluding carboxylic acids is 5. The van der Waals surface area contributed by atoms with Gasteiger partial charge in [-0.1, -0.05) is 0 Å². The Hall–Kier alpha value is -3.13. The van der Waals surface area contributed by atoms with Crippen LogP contribution in [0.5, 0.6) is 0 Å². The quantitative estimate of drug-likeness (QED) is 0.142. The van der Waals surface area contributed by atoms with Crippen LogP contribution in [0.15, 0.2) is 0 Å². The molecule has 14 nitrogen and oxygen atoms in total. The number of esters is 1. The molecule has 14 heteroatoms. The summed E-state index contributed by atoms with van der Waals surface area (Å²) in [7, 11) is 1.13. The molecule has 0 aliphatic rings. The van der Waals surface area contributed by atoms with Crippen molar-refractivity contribution in [3.63, 3.8) is 0 Å². The summed E-state index contributed by atoms with van der Waals surface area (Å²) in [4.78, 5) is 60.9. The number of rotatable bonds is 12. The van der Waals surface area contributed by atoms with Crippen LogP contribution < -0.4 is 27.0 Å². The minimum absolute atomic E-state index is 0.0281. The summed E-state index contributed by atoms with van der Waals surface area (Å²) in [5.41, 5.74) is 4.45. The molecule has 0 aromatic carbocycles. The highest BCUT2D eigenvalue weighted by Crippen LogP contribution is 2.07. The second-order valence-electron chi connectivity index (χ2n) is 10.4. The van der Waals surface area contributed by atoms with Crippen molar-refractivity contribution < 1.29 is 43.3 Å². The van der Waals surface area contributed by atoms with Crippen LogP contribution in [0.25, 0.3) is 0 Å². The average Bonchev–Trinajstić information content (AvgIpc) is 2.72. The SMILES string of the molecule is COC(=O)C(CCNC(=O)OC(C)(C)C)NC(=O)C(NC(=O)[C@@H](N)CCNC(=O)OC(C)(C)C)[C@@H](C)O. The van der Waals surface area contributed by atoms with Crippen molar-refractivity contribution in [2.75, 3.05) is 20.2 Å². The molecule has 0 aromatic rings. The van der Waals surface area contributed by atoms with Gasteiger partial charge in [-0.3, -0.25) is 9.59 Å². The predicted molar refractivity (Wildman–Crippen MR) is 133 cm³/mol. The van der Waals surface area contributed by atoms with Gasteiger partial charge in [0.15, 0.2) is 0 Å². The molecule has 214 valence electrons. The molecule has 0 aliphatic carbocycles. The maximum Gasteiger partial charge on any atom is 0.407 e. The summed E-state index contributed by atoms with van der Waals surface area (Å²) in [5, 5.41) is 19.7. The standard InChI is InChI=1S/C23H43N5O9/c1-13(29)16(28-17(30)14(24)9-11-25-20(33)36-22(2,3)4)18(31)27-15(19(32)35-8)10-12-26-21(34)37-23(5,6)7/h13-16,29H,9-12,24H2,1-8H3,(H,25,33)(H,26,34)(H,27,31)(H,28,30)/t13-,14+,15?,16?/m1/s1. The lowest BCUT2D eigenvalue weighted by Crippen LogP contribution is -2.58. The zero-order valence-electron chi connectivity index (χ0n) is 22.9. The molecular formula is C23H43N5O9. The lowest BCUT2D eigenvalue weighted by Gasteiger charge is -2.25. The van der Waals surface area contributed by atoms with Gasteiger partial charge in [-0.05, 0) is 61.3 Å². The molecule has 0 fully saturated rings. The number of alkyl carbamates (subject to hydrolysis) is 2. The first-order chi connectivity index (χ1) is 16.9. The molecule has 37 heavy (non-hydrogen) atoms. The van der Waals surface area contributed by atoms with Crippen LogP contribution in [0.1, 0.15) is 61.3 Å². The summed E-state index contributed by atoms with van der Waals surface area (Å²) < 4.78 is 14.9. The molecule has 0 saturated carbocycles. The zero-order valence-corrected chi connectivity index (χ0v) is 22.9. The molecule has 2 unspecified atom stereocenters. The number of nitrogens with two attached hydrogens (primary N) is 1. The zero-order chi connectivity index (χ0) is 29.0. The minimum Gasteiger partial charge on any atom is -0.467 e. The number of ether oxygens (including phenoxy) is 3. The lowest BCUT2D eigenvalue weighted by atomic mass is 10.1. The number of hydrogen-bond donors (Lipinski definition) is 6. The normalized spacial score (nSPS) is 14.8. The van der Waals surface area contributed by atoms with E-state index in [1.807, 2.05) is 0 Å². The highest BCUT2D eigenvalue weighted by Gasteiger charge is 2.31. The molecule has 0 heterocycles. The largest absolute Gasteiger partial charge is 0.467 e. The Kier molecular flexibility index (Phi) is 13.9. The van der Waals surface area contributed by atoms with Crippen molar-refractivity contribution in [2.45, 2.75) is 96.7 Å². The first-order valence-electron chi connectivity index (χ1n) is 11.9. The van der Waals surface area contributed by atoms with E-state index in [4.69, 9.17) is 19.9 Å². The van der Waals surface area contributed by atoms with E-state index in [2.05, 4.69) is 21.3 Å². The fourth-order valence-corrected chi connectivity index (χ4v) is 2.73. The van der Waals surface area contributed by atoms with Crippen LogP contribution in [0.4, 0.5) is 9.59 Å². The third kappa shape index (κ3) is 15.6. The minimum atomic E-state index is -1.44. The fourth-order valence-electron chi connectivity index (χ4n) is 2.73. The Morgan fingerprint density at radius 2 is 1.27 bits per heavy atom. The van der Waals surface area contributed by atoms with Crippen LogP contribution in [0.2, 0.25) is 0 Å².